The van der Waals surface area contributed by atoms with Crippen LogP contribution in [0.2, 0.25) is 5.02 Å². The highest BCUT2D eigenvalue weighted by molar-refractivity contribution is 6.30. The minimum Gasteiger partial charge on any atom is -0.503 e. The molecule has 0 radical (unpaired) electrons. The SMILES string of the molecule is CCl.O=C(NCCCc1ccc(Cl)cc1)C1=C(O)C(=O)N(CCCOc2cccnc2)C1. The van der Waals surface area contributed by atoms with Gasteiger partial charge < -0.3 is 20.1 Å². The number of aromatic nitrogens is 1. The normalized spacial score (nSPS) is 13.0. The number of aryl methyl sites for hydroxylation is 1. The Labute approximate surface area is 198 Å². The maximum absolute atomic E-state index is 12.4. The van der Waals surface area contributed by atoms with Gasteiger partial charge in [0.25, 0.3) is 11.8 Å². The monoisotopic (exact) mass is 479 g/mol. The van der Waals surface area contributed by atoms with Gasteiger partial charge in [-0.15, -0.1) is 11.6 Å². The Kier molecular flexibility index (Phi) is 10.8. The Balaban J connectivity index is 0.00000176. The Morgan fingerprint density at radius 3 is 2.66 bits per heavy atom. The summed E-state index contributed by atoms with van der Waals surface area (Å²) in [5.74, 6) is -0.753. The first-order valence-electron chi connectivity index (χ1n) is 10.2. The van der Waals surface area contributed by atoms with E-state index in [1.807, 2.05) is 24.3 Å². The van der Waals surface area contributed by atoms with Gasteiger partial charge in [0.1, 0.15) is 5.75 Å². The number of rotatable bonds is 10. The summed E-state index contributed by atoms with van der Waals surface area (Å²) in [4.78, 5) is 30.0. The number of carbonyl (C=O) groups is 2. The Bertz CT molecular complexity index is 905. The summed E-state index contributed by atoms with van der Waals surface area (Å²) in [5, 5.41) is 13.5. The second-order valence-electron chi connectivity index (χ2n) is 6.93. The number of aliphatic hydroxyl groups excluding tert-OH is 1. The molecule has 0 aliphatic carbocycles. The number of hydrogen-bond acceptors (Lipinski definition) is 5. The van der Waals surface area contributed by atoms with Crippen LogP contribution in [0, 0.1) is 0 Å². The number of nitrogens with zero attached hydrogens (tertiary/aromatic N) is 2. The zero-order chi connectivity index (χ0) is 23.3. The molecule has 1 aliphatic heterocycles. The largest absolute Gasteiger partial charge is 0.503 e. The lowest BCUT2D eigenvalue weighted by molar-refractivity contribution is -0.127. The number of halogens is 2. The maximum atomic E-state index is 12.4. The van der Waals surface area contributed by atoms with Gasteiger partial charge in [-0.3, -0.25) is 14.6 Å². The first kappa shape index (κ1) is 25.5. The molecule has 0 bridgehead atoms. The van der Waals surface area contributed by atoms with Crippen LogP contribution in [0.15, 0.2) is 60.1 Å². The zero-order valence-corrected chi connectivity index (χ0v) is 19.4. The van der Waals surface area contributed by atoms with Gasteiger partial charge in [0.05, 0.1) is 24.9 Å². The average Bonchev–Trinajstić information content (AvgIpc) is 3.11. The Morgan fingerprint density at radius 1 is 1.22 bits per heavy atom. The van der Waals surface area contributed by atoms with Crippen LogP contribution in [0.5, 0.6) is 5.75 Å². The molecule has 3 rings (SSSR count). The molecule has 0 fully saturated rings. The number of hydrogen-bond donors (Lipinski definition) is 2. The summed E-state index contributed by atoms with van der Waals surface area (Å²) in [7, 11) is 0. The van der Waals surface area contributed by atoms with Crippen LogP contribution in [-0.4, -0.2) is 59.4 Å². The molecule has 32 heavy (non-hydrogen) atoms. The van der Waals surface area contributed by atoms with E-state index in [1.54, 1.807) is 24.5 Å². The highest BCUT2D eigenvalue weighted by Crippen LogP contribution is 2.18. The van der Waals surface area contributed by atoms with Crippen LogP contribution < -0.4 is 10.1 Å². The third-order valence-corrected chi connectivity index (χ3v) is 4.97. The number of alkyl halides is 1. The van der Waals surface area contributed by atoms with Crippen molar-refractivity contribution in [1.82, 2.24) is 15.2 Å². The van der Waals surface area contributed by atoms with E-state index in [0.29, 0.717) is 36.9 Å². The summed E-state index contributed by atoms with van der Waals surface area (Å²) in [6, 6.07) is 11.1. The summed E-state index contributed by atoms with van der Waals surface area (Å²) in [6.45, 7) is 1.34. The van der Waals surface area contributed by atoms with Crippen molar-refractivity contribution < 1.29 is 19.4 Å². The quantitative estimate of drug-likeness (QED) is 0.399. The lowest BCUT2D eigenvalue weighted by Crippen LogP contribution is -2.32. The second-order valence-corrected chi connectivity index (χ2v) is 7.37. The minimum atomic E-state index is -0.525. The molecule has 0 unspecified atom stereocenters. The van der Waals surface area contributed by atoms with E-state index in [-0.39, 0.29) is 12.1 Å². The molecule has 1 aliphatic rings. The van der Waals surface area contributed by atoms with E-state index in [4.69, 9.17) is 16.3 Å². The number of nitrogens with one attached hydrogen (secondary N) is 1. The fourth-order valence-electron chi connectivity index (χ4n) is 3.11. The fourth-order valence-corrected chi connectivity index (χ4v) is 3.23. The van der Waals surface area contributed by atoms with Crippen LogP contribution in [0.1, 0.15) is 18.4 Å². The van der Waals surface area contributed by atoms with E-state index in [2.05, 4.69) is 21.9 Å². The van der Waals surface area contributed by atoms with Crippen molar-refractivity contribution in [3.63, 3.8) is 0 Å². The van der Waals surface area contributed by atoms with Gasteiger partial charge in [0.2, 0.25) is 0 Å². The van der Waals surface area contributed by atoms with E-state index in [1.165, 1.54) is 11.3 Å². The molecule has 7 nitrogen and oxygen atoms in total. The summed E-state index contributed by atoms with van der Waals surface area (Å²) >= 11 is 10.5. The Morgan fingerprint density at radius 2 is 1.97 bits per heavy atom. The topological polar surface area (TPSA) is 91.8 Å². The smallest absolute Gasteiger partial charge is 0.289 e. The first-order chi connectivity index (χ1) is 15.5. The Hall–Kier alpha value is -2.77. The van der Waals surface area contributed by atoms with Crippen LogP contribution in [-0.2, 0) is 16.0 Å². The standard InChI is InChI=1S/C22H24ClN3O4.CH3Cl/c23-17-8-6-16(7-9-17)4-1-11-25-21(28)19-15-26(22(29)20(19)27)12-3-13-30-18-5-2-10-24-14-18;1-2/h2,5-10,14,27H,1,3-4,11-13,15H2,(H,25,28);1H3. The maximum Gasteiger partial charge on any atom is 0.289 e. The van der Waals surface area contributed by atoms with Crippen molar-refractivity contribution in [1.29, 1.82) is 0 Å². The van der Waals surface area contributed by atoms with Gasteiger partial charge in [-0.25, -0.2) is 0 Å². The summed E-state index contributed by atoms with van der Waals surface area (Å²) < 4.78 is 5.55. The van der Waals surface area contributed by atoms with Gasteiger partial charge in [-0.05, 0) is 49.1 Å². The number of amides is 2. The number of ether oxygens (including phenoxy) is 1. The van der Waals surface area contributed by atoms with Crippen molar-refractivity contribution in [2.24, 2.45) is 0 Å². The van der Waals surface area contributed by atoms with E-state index >= 15 is 0 Å². The van der Waals surface area contributed by atoms with Gasteiger partial charge >= 0.3 is 0 Å². The molecule has 0 spiro atoms. The fraction of sp³-hybridized carbons (Fsp3) is 0.348. The van der Waals surface area contributed by atoms with E-state index in [9.17, 15) is 14.7 Å². The molecule has 0 saturated heterocycles. The zero-order valence-electron chi connectivity index (χ0n) is 17.9. The van der Waals surface area contributed by atoms with E-state index < -0.39 is 17.6 Å². The van der Waals surface area contributed by atoms with Gasteiger partial charge in [-0.2, -0.15) is 0 Å². The van der Waals surface area contributed by atoms with Gasteiger partial charge in [-0.1, -0.05) is 23.7 Å². The molecule has 2 aromatic rings. The lowest BCUT2D eigenvalue weighted by atomic mass is 10.1. The van der Waals surface area contributed by atoms with Crippen LogP contribution >= 0.6 is 23.2 Å². The minimum absolute atomic E-state index is 0.0978. The molecule has 2 heterocycles. The van der Waals surface area contributed by atoms with Gasteiger partial charge in [0, 0.05) is 30.7 Å². The second kappa shape index (κ2) is 13.6. The number of carbonyl (C=O) groups excluding carboxylic acids is 2. The van der Waals surface area contributed by atoms with Crippen molar-refractivity contribution in [2.45, 2.75) is 19.3 Å². The number of pyridine rings is 1. The van der Waals surface area contributed by atoms with Crippen molar-refractivity contribution in [2.75, 3.05) is 32.6 Å². The molecule has 2 N–H and O–H groups in total. The molecular formula is C23H27Cl2N3O4. The third-order valence-electron chi connectivity index (χ3n) is 4.72. The highest BCUT2D eigenvalue weighted by atomic mass is 35.5. The third kappa shape index (κ3) is 7.73. The van der Waals surface area contributed by atoms with E-state index in [0.717, 1.165) is 18.4 Å². The summed E-state index contributed by atoms with van der Waals surface area (Å²) in [6.07, 6.45) is 6.86. The number of aliphatic hydroxyl groups is 1. The van der Waals surface area contributed by atoms with Gasteiger partial charge in [0.15, 0.2) is 5.76 Å². The van der Waals surface area contributed by atoms with Crippen LogP contribution in [0.3, 0.4) is 0 Å². The van der Waals surface area contributed by atoms with Crippen molar-refractivity contribution in [3.8, 4) is 5.75 Å². The number of benzene rings is 1. The first-order valence-corrected chi connectivity index (χ1v) is 11.3. The van der Waals surface area contributed by atoms with Crippen molar-refractivity contribution in [3.05, 3.63) is 70.7 Å². The predicted molar refractivity (Wildman–Crippen MR) is 125 cm³/mol. The molecule has 172 valence electrons. The molecule has 0 atom stereocenters. The molecule has 2 amide bonds. The lowest BCUT2D eigenvalue weighted by Gasteiger charge is -2.16. The van der Waals surface area contributed by atoms with Crippen molar-refractivity contribution >= 4 is 35.0 Å². The molecule has 1 aromatic carbocycles. The molecule has 0 saturated carbocycles. The molecule has 1 aromatic heterocycles. The van der Waals surface area contributed by atoms with Crippen LogP contribution in [0.25, 0.3) is 0 Å². The molecule has 9 heteroatoms. The highest BCUT2D eigenvalue weighted by Gasteiger charge is 2.33. The van der Waals surface area contributed by atoms with Crippen LogP contribution in [0.4, 0.5) is 0 Å². The molecular weight excluding hydrogens is 453 g/mol. The summed E-state index contributed by atoms with van der Waals surface area (Å²) in [5.41, 5.74) is 1.24. The average molecular weight is 480 g/mol. The predicted octanol–water partition coefficient (Wildman–Crippen LogP) is 3.76.